The van der Waals surface area contributed by atoms with Gasteiger partial charge in [-0.15, -0.1) is 24.0 Å². The Balaban J connectivity index is 0.00000364. The molecule has 1 aromatic rings. The lowest BCUT2D eigenvalue weighted by atomic mass is 10.3. The van der Waals surface area contributed by atoms with Crippen LogP contribution in [0.5, 0.6) is 0 Å². The van der Waals surface area contributed by atoms with Crippen molar-refractivity contribution in [2.75, 3.05) is 57.2 Å². The van der Waals surface area contributed by atoms with E-state index in [-0.39, 0.29) is 36.4 Å². The second kappa shape index (κ2) is 12.6. The fourth-order valence-electron chi connectivity index (χ4n) is 2.67. The molecule has 1 atom stereocenters. The molecule has 0 bridgehead atoms. The Bertz CT molecular complexity index is 614. The maximum absolute atomic E-state index is 11.8. The maximum Gasteiger partial charge on any atom is 0.243 e. The molecule has 6 nitrogen and oxygen atoms in total. The van der Waals surface area contributed by atoms with E-state index in [0.717, 1.165) is 36.8 Å². The zero-order valence-corrected chi connectivity index (χ0v) is 20.0. The van der Waals surface area contributed by atoms with Crippen molar-refractivity contribution < 1.29 is 4.79 Å². The highest BCUT2D eigenvalue weighted by Crippen LogP contribution is 2.22. The lowest BCUT2D eigenvalue weighted by molar-refractivity contribution is -0.127. The third-order valence-electron chi connectivity index (χ3n) is 4.19. The van der Waals surface area contributed by atoms with Crippen LogP contribution in [-0.4, -0.2) is 75.1 Å². The highest BCUT2D eigenvalue weighted by atomic mass is 127. The van der Waals surface area contributed by atoms with E-state index in [1.54, 1.807) is 30.8 Å². The predicted octanol–water partition coefficient (Wildman–Crippen LogP) is 2.52. The molecule has 1 fully saturated rings. The number of amides is 1. The summed E-state index contributed by atoms with van der Waals surface area (Å²) < 4.78 is 0. The van der Waals surface area contributed by atoms with E-state index in [1.165, 1.54) is 5.69 Å². The van der Waals surface area contributed by atoms with Crippen molar-refractivity contribution in [1.82, 2.24) is 15.5 Å². The first-order valence-corrected chi connectivity index (χ1v) is 10.5. The van der Waals surface area contributed by atoms with Gasteiger partial charge in [0.1, 0.15) is 6.54 Å². The van der Waals surface area contributed by atoms with Crippen LogP contribution in [0.1, 0.15) is 6.42 Å². The molecule has 1 aromatic carbocycles. The number of nitrogens with zero attached hydrogens (tertiary/aromatic N) is 3. The summed E-state index contributed by atoms with van der Waals surface area (Å²) in [6.45, 7) is 2.84. The van der Waals surface area contributed by atoms with Gasteiger partial charge in [-0.3, -0.25) is 4.79 Å². The smallest absolute Gasteiger partial charge is 0.243 e. The Labute approximate surface area is 188 Å². The highest BCUT2D eigenvalue weighted by Gasteiger charge is 2.23. The molecule has 1 aliphatic heterocycles. The summed E-state index contributed by atoms with van der Waals surface area (Å²) in [5.74, 6) is 1.69. The van der Waals surface area contributed by atoms with Crippen LogP contribution in [0.2, 0.25) is 5.02 Å². The van der Waals surface area contributed by atoms with Crippen molar-refractivity contribution in [2.45, 2.75) is 12.5 Å². The Morgan fingerprint density at radius 3 is 2.70 bits per heavy atom. The molecule has 0 radical (unpaired) electrons. The van der Waals surface area contributed by atoms with E-state index >= 15 is 0 Å². The molecule has 2 rings (SSSR count). The van der Waals surface area contributed by atoms with Crippen molar-refractivity contribution in [1.29, 1.82) is 0 Å². The molecule has 1 unspecified atom stereocenters. The molecule has 1 saturated heterocycles. The lowest BCUT2D eigenvalue weighted by Gasteiger charge is -2.21. The van der Waals surface area contributed by atoms with Gasteiger partial charge in [-0.1, -0.05) is 11.6 Å². The molecule has 1 amide bonds. The fraction of sp³-hybridized carbons (Fsp3) is 0.556. The summed E-state index contributed by atoms with van der Waals surface area (Å²) in [5.41, 5.74) is 1.18. The number of rotatable bonds is 7. The standard InChI is InChI=1S/C18H28ClN5OS.HI/c1-23(2)17(25)12-21-18(20-9-11-26-3)22-15-8-10-24(13-15)16-6-4-14(19)5-7-16;/h4-7,15H,8-13H2,1-3H3,(H2,20,21,22);1H. The number of hydrogen-bond donors (Lipinski definition) is 2. The molecular weight excluding hydrogens is 497 g/mol. The van der Waals surface area contributed by atoms with Gasteiger partial charge in [0, 0.05) is 56.2 Å². The van der Waals surface area contributed by atoms with Crippen LogP contribution < -0.4 is 15.5 Å². The van der Waals surface area contributed by atoms with Crippen molar-refractivity contribution in [3.05, 3.63) is 29.3 Å². The van der Waals surface area contributed by atoms with Crippen LogP contribution in [0.15, 0.2) is 29.3 Å². The van der Waals surface area contributed by atoms with Crippen LogP contribution in [-0.2, 0) is 4.79 Å². The van der Waals surface area contributed by atoms with Gasteiger partial charge in [-0.05, 0) is 36.9 Å². The molecule has 1 heterocycles. The van der Waals surface area contributed by atoms with E-state index in [4.69, 9.17) is 11.6 Å². The second-order valence-corrected chi connectivity index (χ2v) is 7.85. The van der Waals surface area contributed by atoms with Crippen LogP contribution in [0.4, 0.5) is 5.69 Å². The summed E-state index contributed by atoms with van der Waals surface area (Å²) in [7, 11) is 3.49. The van der Waals surface area contributed by atoms with Crippen LogP contribution in [0, 0.1) is 0 Å². The number of halogens is 2. The zero-order valence-electron chi connectivity index (χ0n) is 16.1. The summed E-state index contributed by atoms with van der Waals surface area (Å²) in [6, 6.07) is 8.22. The lowest BCUT2D eigenvalue weighted by Crippen LogP contribution is -2.45. The van der Waals surface area contributed by atoms with Gasteiger partial charge < -0.3 is 20.4 Å². The number of hydrogen-bond acceptors (Lipinski definition) is 4. The quantitative estimate of drug-likeness (QED) is 0.248. The molecule has 2 N–H and O–H groups in total. The third kappa shape index (κ3) is 8.35. The molecule has 152 valence electrons. The van der Waals surface area contributed by atoms with Gasteiger partial charge >= 0.3 is 0 Å². The Morgan fingerprint density at radius 1 is 1.37 bits per heavy atom. The number of carbonyl (C=O) groups excluding carboxylic acids is 1. The zero-order chi connectivity index (χ0) is 18.9. The number of nitrogens with one attached hydrogen (secondary N) is 2. The van der Waals surface area contributed by atoms with Gasteiger partial charge in [0.2, 0.25) is 5.91 Å². The van der Waals surface area contributed by atoms with Gasteiger partial charge in [-0.25, -0.2) is 4.99 Å². The number of benzene rings is 1. The summed E-state index contributed by atoms with van der Waals surface area (Å²) in [4.78, 5) is 20.2. The minimum atomic E-state index is -0.00909. The van der Waals surface area contributed by atoms with Gasteiger partial charge in [0.25, 0.3) is 0 Å². The molecule has 1 aliphatic rings. The Morgan fingerprint density at radius 2 is 2.07 bits per heavy atom. The van der Waals surface area contributed by atoms with E-state index in [2.05, 4.69) is 26.8 Å². The fourth-order valence-corrected chi connectivity index (χ4v) is 3.10. The molecule has 0 spiro atoms. The normalized spacial score (nSPS) is 16.7. The summed E-state index contributed by atoms with van der Waals surface area (Å²) in [5, 5.41) is 7.54. The molecule has 0 aliphatic carbocycles. The number of aliphatic imine (C=N–C) groups is 1. The average Bonchev–Trinajstić information content (AvgIpc) is 3.08. The first-order valence-electron chi connectivity index (χ1n) is 8.74. The van der Waals surface area contributed by atoms with Crippen molar-refractivity contribution in [2.24, 2.45) is 4.99 Å². The number of anilines is 1. The van der Waals surface area contributed by atoms with E-state index in [9.17, 15) is 4.79 Å². The minimum absolute atomic E-state index is 0. The van der Waals surface area contributed by atoms with E-state index in [0.29, 0.717) is 12.0 Å². The number of likely N-dealkylation sites (N-methyl/N-ethyl adjacent to an activating group) is 1. The molecule has 0 saturated carbocycles. The molecule has 9 heteroatoms. The summed E-state index contributed by atoms with van der Waals surface area (Å²) >= 11 is 7.75. The monoisotopic (exact) mass is 525 g/mol. The first kappa shape index (κ1) is 24.2. The second-order valence-electron chi connectivity index (χ2n) is 6.42. The van der Waals surface area contributed by atoms with Gasteiger partial charge in [-0.2, -0.15) is 11.8 Å². The van der Waals surface area contributed by atoms with Crippen molar-refractivity contribution >= 4 is 64.9 Å². The largest absolute Gasteiger partial charge is 0.369 e. The SMILES string of the molecule is CSCCNC(=NCC(=O)N(C)C)NC1CCN(c2ccc(Cl)cc2)C1.I. The van der Waals surface area contributed by atoms with E-state index in [1.807, 2.05) is 24.3 Å². The number of carbonyl (C=O) groups is 1. The van der Waals surface area contributed by atoms with Gasteiger partial charge in [0.15, 0.2) is 5.96 Å². The Kier molecular flexibility index (Phi) is 11.2. The maximum atomic E-state index is 11.8. The Hall–Kier alpha value is -0.870. The minimum Gasteiger partial charge on any atom is -0.369 e. The molecule has 27 heavy (non-hydrogen) atoms. The van der Waals surface area contributed by atoms with Crippen LogP contribution in [0.3, 0.4) is 0 Å². The topological polar surface area (TPSA) is 60.0 Å². The highest BCUT2D eigenvalue weighted by molar-refractivity contribution is 14.0. The average molecular weight is 526 g/mol. The number of guanidine groups is 1. The van der Waals surface area contributed by atoms with E-state index < -0.39 is 0 Å². The van der Waals surface area contributed by atoms with Crippen LogP contribution >= 0.6 is 47.3 Å². The third-order valence-corrected chi connectivity index (χ3v) is 5.06. The summed E-state index contributed by atoms with van der Waals surface area (Å²) in [6.07, 6.45) is 3.09. The van der Waals surface area contributed by atoms with Crippen LogP contribution in [0.25, 0.3) is 0 Å². The number of thioether (sulfide) groups is 1. The van der Waals surface area contributed by atoms with Crippen molar-refractivity contribution in [3.8, 4) is 0 Å². The predicted molar refractivity (Wildman–Crippen MR) is 128 cm³/mol. The molecule has 0 aromatic heterocycles. The van der Waals surface area contributed by atoms with Crippen molar-refractivity contribution in [3.63, 3.8) is 0 Å². The van der Waals surface area contributed by atoms with Gasteiger partial charge in [0.05, 0.1) is 0 Å². The first-order chi connectivity index (χ1) is 12.5. The molecular formula is C18H29ClIN5OS.